The Kier molecular flexibility index (Phi) is 5.56. The predicted molar refractivity (Wildman–Crippen MR) is 91.1 cm³/mol. The summed E-state index contributed by atoms with van der Waals surface area (Å²) in [5, 5.41) is 8.81. The minimum absolute atomic E-state index is 0.277. The van der Waals surface area contributed by atoms with Crippen molar-refractivity contribution in [2.24, 2.45) is 5.92 Å². The molecule has 0 aromatic carbocycles. The SMILES string of the molecule is CCCc1nc(NC)cc(NC(c2cccs2)C(C)C)n1. The molecule has 2 rings (SSSR count). The summed E-state index contributed by atoms with van der Waals surface area (Å²) >= 11 is 1.78. The van der Waals surface area contributed by atoms with Gasteiger partial charge in [-0.3, -0.25) is 0 Å². The summed E-state index contributed by atoms with van der Waals surface area (Å²) < 4.78 is 0. The van der Waals surface area contributed by atoms with Gasteiger partial charge in [-0.15, -0.1) is 11.3 Å². The van der Waals surface area contributed by atoms with E-state index < -0.39 is 0 Å². The van der Waals surface area contributed by atoms with E-state index in [9.17, 15) is 0 Å². The highest BCUT2D eigenvalue weighted by Gasteiger charge is 2.17. The Morgan fingerprint density at radius 3 is 2.57 bits per heavy atom. The molecule has 5 heteroatoms. The van der Waals surface area contributed by atoms with E-state index >= 15 is 0 Å². The van der Waals surface area contributed by atoms with Gasteiger partial charge in [-0.1, -0.05) is 26.8 Å². The van der Waals surface area contributed by atoms with E-state index in [1.165, 1.54) is 4.88 Å². The molecule has 0 amide bonds. The van der Waals surface area contributed by atoms with Gasteiger partial charge < -0.3 is 10.6 Å². The monoisotopic (exact) mass is 304 g/mol. The number of aryl methyl sites for hydroxylation is 1. The lowest BCUT2D eigenvalue weighted by molar-refractivity contribution is 0.551. The Labute approximate surface area is 131 Å². The zero-order chi connectivity index (χ0) is 15.2. The van der Waals surface area contributed by atoms with Crippen LogP contribution in [-0.4, -0.2) is 17.0 Å². The highest BCUT2D eigenvalue weighted by molar-refractivity contribution is 7.10. The van der Waals surface area contributed by atoms with E-state index in [0.717, 1.165) is 30.3 Å². The molecule has 0 aliphatic heterocycles. The Morgan fingerprint density at radius 1 is 1.24 bits per heavy atom. The van der Waals surface area contributed by atoms with Crippen molar-refractivity contribution in [1.82, 2.24) is 9.97 Å². The van der Waals surface area contributed by atoms with Crippen LogP contribution in [0.15, 0.2) is 23.6 Å². The fraction of sp³-hybridized carbons (Fsp3) is 0.500. The van der Waals surface area contributed by atoms with E-state index in [4.69, 9.17) is 0 Å². The normalized spacial score (nSPS) is 12.4. The van der Waals surface area contributed by atoms with Gasteiger partial charge in [0.05, 0.1) is 6.04 Å². The summed E-state index contributed by atoms with van der Waals surface area (Å²) in [6.45, 7) is 6.60. The zero-order valence-electron chi connectivity index (χ0n) is 13.2. The molecule has 0 aliphatic carbocycles. The molecule has 114 valence electrons. The van der Waals surface area contributed by atoms with Gasteiger partial charge in [0.2, 0.25) is 0 Å². The Balaban J connectivity index is 2.25. The Bertz CT molecular complexity index is 551. The standard InChI is InChI=1S/C16H24N4S/c1-5-7-13-18-14(17-4)10-15(19-13)20-16(11(2)3)12-8-6-9-21-12/h6,8-11,16H,5,7H2,1-4H3,(H2,17,18,19,20). The maximum absolute atomic E-state index is 4.65. The van der Waals surface area contributed by atoms with Crippen LogP contribution in [0.3, 0.4) is 0 Å². The fourth-order valence-corrected chi connectivity index (χ4v) is 3.18. The minimum atomic E-state index is 0.277. The summed E-state index contributed by atoms with van der Waals surface area (Å²) in [4.78, 5) is 10.5. The number of hydrogen-bond acceptors (Lipinski definition) is 5. The van der Waals surface area contributed by atoms with Gasteiger partial charge in [-0.25, -0.2) is 9.97 Å². The molecule has 0 saturated heterocycles. The number of aromatic nitrogens is 2. The van der Waals surface area contributed by atoms with Crippen LogP contribution in [0.2, 0.25) is 0 Å². The maximum atomic E-state index is 4.65. The lowest BCUT2D eigenvalue weighted by atomic mass is 10.0. The topological polar surface area (TPSA) is 49.8 Å². The molecule has 2 heterocycles. The third-order valence-electron chi connectivity index (χ3n) is 3.32. The summed E-state index contributed by atoms with van der Waals surface area (Å²) in [5.74, 6) is 3.14. The van der Waals surface area contributed by atoms with Gasteiger partial charge in [-0.2, -0.15) is 0 Å². The number of nitrogens with zero attached hydrogens (tertiary/aromatic N) is 2. The number of thiophene rings is 1. The van der Waals surface area contributed by atoms with Crippen molar-refractivity contribution in [2.45, 2.75) is 39.7 Å². The van der Waals surface area contributed by atoms with Crippen molar-refractivity contribution in [1.29, 1.82) is 0 Å². The predicted octanol–water partition coefficient (Wildman–Crippen LogP) is 4.34. The van der Waals surface area contributed by atoms with Crippen LogP contribution in [0, 0.1) is 5.92 Å². The van der Waals surface area contributed by atoms with Crippen molar-refractivity contribution in [3.8, 4) is 0 Å². The van der Waals surface area contributed by atoms with Crippen LogP contribution < -0.4 is 10.6 Å². The van der Waals surface area contributed by atoms with Crippen LogP contribution in [0.1, 0.15) is 43.9 Å². The number of rotatable bonds is 7. The smallest absolute Gasteiger partial charge is 0.133 e. The summed E-state index contributed by atoms with van der Waals surface area (Å²) in [7, 11) is 1.89. The first-order valence-corrected chi connectivity index (χ1v) is 8.37. The van der Waals surface area contributed by atoms with E-state index in [1.807, 2.05) is 13.1 Å². The van der Waals surface area contributed by atoms with Crippen LogP contribution >= 0.6 is 11.3 Å². The van der Waals surface area contributed by atoms with E-state index in [0.29, 0.717) is 5.92 Å². The molecule has 0 fully saturated rings. The zero-order valence-corrected chi connectivity index (χ0v) is 14.0. The Hall–Kier alpha value is -1.62. The van der Waals surface area contributed by atoms with E-state index in [1.54, 1.807) is 11.3 Å². The molecular weight excluding hydrogens is 280 g/mol. The number of hydrogen-bond donors (Lipinski definition) is 2. The van der Waals surface area contributed by atoms with Gasteiger partial charge in [0, 0.05) is 24.4 Å². The molecule has 2 aromatic rings. The molecule has 2 N–H and O–H groups in total. The van der Waals surface area contributed by atoms with Crippen LogP contribution in [-0.2, 0) is 6.42 Å². The summed E-state index contributed by atoms with van der Waals surface area (Å²) in [5.41, 5.74) is 0. The van der Waals surface area contributed by atoms with Gasteiger partial charge in [0.25, 0.3) is 0 Å². The first-order chi connectivity index (χ1) is 10.1. The molecule has 21 heavy (non-hydrogen) atoms. The van der Waals surface area contributed by atoms with E-state index in [-0.39, 0.29) is 6.04 Å². The number of nitrogens with one attached hydrogen (secondary N) is 2. The minimum Gasteiger partial charge on any atom is -0.373 e. The second-order valence-corrected chi connectivity index (χ2v) is 6.42. The molecule has 0 spiro atoms. The molecule has 4 nitrogen and oxygen atoms in total. The van der Waals surface area contributed by atoms with Gasteiger partial charge >= 0.3 is 0 Å². The van der Waals surface area contributed by atoms with Gasteiger partial charge in [0.15, 0.2) is 0 Å². The Morgan fingerprint density at radius 2 is 2.00 bits per heavy atom. The van der Waals surface area contributed by atoms with Crippen molar-refractivity contribution < 1.29 is 0 Å². The summed E-state index contributed by atoms with van der Waals surface area (Å²) in [6.07, 6.45) is 1.95. The third kappa shape index (κ3) is 4.17. The highest BCUT2D eigenvalue weighted by Crippen LogP contribution is 2.29. The average Bonchev–Trinajstić information content (AvgIpc) is 2.98. The van der Waals surface area contributed by atoms with Crippen molar-refractivity contribution >= 4 is 23.0 Å². The molecule has 1 atom stereocenters. The highest BCUT2D eigenvalue weighted by atomic mass is 32.1. The fourth-order valence-electron chi connectivity index (χ4n) is 2.23. The molecular formula is C16H24N4S. The largest absolute Gasteiger partial charge is 0.373 e. The molecule has 2 aromatic heterocycles. The molecule has 0 bridgehead atoms. The quantitative estimate of drug-likeness (QED) is 0.799. The second kappa shape index (κ2) is 7.41. The molecule has 0 saturated carbocycles. The van der Waals surface area contributed by atoms with Crippen molar-refractivity contribution in [3.63, 3.8) is 0 Å². The lowest BCUT2D eigenvalue weighted by Crippen LogP contribution is -2.17. The number of anilines is 2. The van der Waals surface area contributed by atoms with Crippen LogP contribution in [0.25, 0.3) is 0 Å². The average molecular weight is 304 g/mol. The first-order valence-electron chi connectivity index (χ1n) is 7.49. The molecule has 0 aliphatic rings. The third-order valence-corrected chi connectivity index (χ3v) is 4.28. The van der Waals surface area contributed by atoms with E-state index in [2.05, 4.69) is 58.9 Å². The maximum Gasteiger partial charge on any atom is 0.133 e. The van der Waals surface area contributed by atoms with Crippen molar-refractivity contribution in [2.75, 3.05) is 17.7 Å². The van der Waals surface area contributed by atoms with Crippen LogP contribution in [0.5, 0.6) is 0 Å². The first kappa shape index (κ1) is 15.8. The molecule has 1 unspecified atom stereocenters. The second-order valence-electron chi connectivity index (χ2n) is 5.44. The summed E-state index contributed by atoms with van der Waals surface area (Å²) in [6, 6.07) is 6.52. The van der Waals surface area contributed by atoms with Crippen LogP contribution in [0.4, 0.5) is 11.6 Å². The molecule has 0 radical (unpaired) electrons. The van der Waals surface area contributed by atoms with Crippen molar-refractivity contribution in [3.05, 3.63) is 34.3 Å². The van der Waals surface area contributed by atoms with Gasteiger partial charge in [-0.05, 0) is 23.8 Å². The lowest BCUT2D eigenvalue weighted by Gasteiger charge is -2.22. The van der Waals surface area contributed by atoms with Gasteiger partial charge in [0.1, 0.15) is 17.5 Å².